The molecule has 7 heteroatoms. The molecule has 2 saturated heterocycles. The number of guanidine groups is 1. The Hall–Kier alpha value is -1.61. The fourth-order valence-corrected chi connectivity index (χ4v) is 3.44. The third-order valence-corrected chi connectivity index (χ3v) is 4.66. The molecule has 0 spiro atoms. The highest BCUT2D eigenvalue weighted by Gasteiger charge is 2.41. The molecule has 3 atom stereocenters. The first-order chi connectivity index (χ1) is 11.8. The van der Waals surface area contributed by atoms with Crippen LogP contribution in [0.5, 0.6) is 0 Å². The molecule has 0 radical (unpaired) electrons. The third-order valence-electron chi connectivity index (χ3n) is 4.66. The van der Waals surface area contributed by atoms with Crippen LogP contribution in [0.25, 0.3) is 11.5 Å². The summed E-state index contributed by atoms with van der Waals surface area (Å²) in [5, 5.41) is 6.76. The molecule has 2 aromatic rings. The van der Waals surface area contributed by atoms with Gasteiger partial charge in [-0.2, -0.15) is 0 Å². The molecule has 2 N–H and O–H groups in total. The van der Waals surface area contributed by atoms with Gasteiger partial charge in [-0.05, 0) is 31.4 Å². The van der Waals surface area contributed by atoms with Gasteiger partial charge in [-0.3, -0.25) is 4.99 Å². The lowest BCUT2D eigenvalue weighted by atomic mass is 9.96. The number of hydrogen-bond acceptors (Lipinski definition) is 4. The van der Waals surface area contributed by atoms with Crippen LogP contribution in [-0.2, 0) is 11.3 Å². The van der Waals surface area contributed by atoms with E-state index in [0.717, 1.165) is 30.1 Å². The van der Waals surface area contributed by atoms with E-state index in [2.05, 4.69) is 20.6 Å². The Bertz CT molecular complexity index is 719. The zero-order valence-electron chi connectivity index (χ0n) is 14.1. The summed E-state index contributed by atoms with van der Waals surface area (Å²) >= 11 is 0. The van der Waals surface area contributed by atoms with Crippen molar-refractivity contribution in [3.8, 4) is 11.5 Å². The highest BCUT2D eigenvalue weighted by Crippen LogP contribution is 2.34. The number of fused-ring (bicyclic) bond motifs is 2. The van der Waals surface area contributed by atoms with E-state index in [4.69, 9.17) is 9.15 Å². The Balaban J connectivity index is 0.00000182. The monoisotopic (exact) mass is 454 g/mol. The van der Waals surface area contributed by atoms with E-state index in [1.165, 1.54) is 6.42 Å². The molecule has 2 aliphatic rings. The van der Waals surface area contributed by atoms with Crippen molar-refractivity contribution in [2.75, 3.05) is 7.05 Å². The lowest BCUT2D eigenvalue weighted by Gasteiger charge is -2.22. The number of halogens is 1. The predicted octanol–water partition coefficient (Wildman–Crippen LogP) is 2.94. The van der Waals surface area contributed by atoms with Crippen LogP contribution in [0.4, 0.5) is 0 Å². The minimum absolute atomic E-state index is 0. The number of rotatable bonds is 4. The van der Waals surface area contributed by atoms with Crippen molar-refractivity contribution in [1.29, 1.82) is 0 Å². The van der Waals surface area contributed by atoms with E-state index in [1.54, 1.807) is 13.3 Å². The standard InChI is InChI=1S/C18H22N4O2.HI/c1-19-18(22-15-9-14-7-8-16(15)24-14)20-10-13-11-23-17(21-13)12-5-3-2-4-6-12;/h2-6,11,14-16H,7-10H2,1H3,(H2,19,20,22);1H. The number of aromatic nitrogens is 1. The molecule has 2 aliphatic heterocycles. The van der Waals surface area contributed by atoms with Gasteiger partial charge in [0.05, 0.1) is 30.5 Å². The van der Waals surface area contributed by atoms with Crippen molar-refractivity contribution in [1.82, 2.24) is 15.6 Å². The summed E-state index contributed by atoms with van der Waals surface area (Å²) in [6, 6.07) is 10.2. The fourth-order valence-electron chi connectivity index (χ4n) is 3.44. The molecule has 3 heterocycles. The number of hydrogen-bond donors (Lipinski definition) is 2. The highest BCUT2D eigenvalue weighted by molar-refractivity contribution is 14.0. The van der Waals surface area contributed by atoms with Gasteiger partial charge in [0.1, 0.15) is 6.26 Å². The molecule has 134 valence electrons. The molecule has 4 rings (SSSR count). The van der Waals surface area contributed by atoms with Gasteiger partial charge in [-0.25, -0.2) is 4.98 Å². The Morgan fingerprint density at radius 3 is 2.80 bits per heavy atom. The quantitative estimate of drug-likeness (QED) is 0.423. The number of oxazole rings is 1. The summed E-state index contributed by atoms with van der Waals surface area (Å²) in [5.74, 6) is 1.41. The van der Waals surface area contributed by atoms with E-state index in [9.17, 15) is 0 Å². The fraction of sp³-hybridized carbons (Fsp3) is 0.444. The number of ether oxygens (including phenoxy) is 1. The minimum atomic E-state index is 0. The molecule has 0 aliphatic carbocycles. The first-order valence-corrected chi connectivity index (χ1v) is 8.44. The van der Waals surface area contributed by atoms with Crippen molar-refractivity contribution >= 4 is 29.9 Å². The van der Waals surface area contributed by atoms with E-state index < -0.39 is 0 Å². The SMILES string of the molecule is CN=C(NCc1coc(-c2ccccc2)n1)NC1CC2CCC1O2.I. The molecule has 6 nitrogen and oxygen atoms in total. The van der Waals surface area contributed by atoms with Crippen molar-refractivity contribution in [2.24, 2.45) is 4.99 Å². The average molecular weight is 454 g/mol. The van der Waals surface area contributed by atoms with Crippen LogP contribution in [0.15, 0.2) is 46.0 Å². The second-order valence-corrected chi connectivity index (χ2v) is 6.30. The van der Waals surface area contributed by atoms with Crippen LogP contribution >= 0.6 is 24.0 Å². The van der Waals surface area contributed by atoms with Crippen molar-refractivity contribution < 1.29 is 9.15 Å². The summed E-state index contributed by atoms with van der Waals surface area (Å²) in [6.07, 6.45) is 5.83. The lowest BCUT2D eigenvalue weighted by molar-refractivity contribution is 0.0992. The third kappa shape index (κ3) is 4.14. The molecule has 3 unspecified atom stereocenters. The van der Waals surface area contributed by atoms with Crippen LogP contribution in [0.2, 0.25) is 0 Å². The van der Waals surface area contributed by atoms with Crippen LogP contribution < -0.4 is 10.6 Å². The van der Waals surface area contributed by atoms with Crippen LogP contribution in [-0.4, -0.2) is 36.2 Å². The van der Waals surface area contributed by atoms with Gasteiger partial charge in [0.2, 0.25) is 5.89 Å². The van der Waals surface area contributed by atoms with E-state index in [1.807, 2.05) is 30.3 Å². The summed E-state index contributed by atoms with van der Waals surface area (Å²) in [7, 11) is 1.78. The zero-order valence-corrected chi connectivity index (χ0v) is 16.5. The van der Waals surface area contributed by atoms with Gasteiger partial charge in [0, 0.05) is 12.6 Å². The first-order valence-electron chi connectivity index (χ1n) is 8.44. The zero-order chi connectivity index (χ0) is 16.4. The number of aliphatic imine (C=N–C) groups is 1. The molecule has 1 aromatic carbocycles. The summed E-state index contributed by atoms with van der Waals surface area (Å²) in [5.41, 5.74) is 1.83. The number of nitrogens with one attached hydrogen (secondary N) is 2. The second kappa shape index (κ2) is 8.18. The lowest BCUT2D eigenvalue weighted by Crippen LogP contribution is -2.47. The van der Waals surface area contributed by atoms with Crippen LogP contribution in [0.3, 0.4) is 0 Å². The Morgan fingerprint density at radius 1 is 1.28 bits per heavy atom. The van der Waals surface area contributed by atoms with E-state index in [0.29, 0.717) is 30.7 Å². The maximum absolute atomic E-state index is 5.87. The number of nitrogens with zero attached hydrogens (tertiary/aromatic N) is 2. The second-order valence-electron chi connectivity index (χ2n) is 6.30. The summed E-state index contributed by atoms with van der Waals surface area (Å²) in [4.78, 5) is 8.82. The average Bonchev–Trinajstić information content (AvgIpc) is 3.36. The maximum Gasteiger partial charge on any atom is 0.226 e. The van der Waals surface area contributed by atoms with E-state index >= 15 is 0 Å². The van der Waals surface area contributed by atoms with Crippen molar-refractivity contribution in [3.05, 3.63) is 42.3 Å². The van der Waals surface area contributed by atoms with Gasteiger partial charge in [-0.15, -0.1) is 24.0 Å². The van der Waals surface area contributed by atoms with Gasteiger partial charge in [0.25, 0.3) is 0 Å². The minimum Gasteiger partial charge on any atom is -0.444 e. The molecule has 2 fully saturated rings. The molecular weight excluding hydrogens is 431 g/mol. The highest BCUT2D eigenvalue weighted by atomic mass is 127. The Kier molecular flexibility index (Phi) is 5.95. The normalized spacial score (nSPS) is 24.8. The molecule has 0 saturated carbocycles. The summed E-state index contributed by atoms with van der Waals surface area (Å²) < 4.78 is 11.4. The predicted molar refractivity (Wildman–Crippen MR) is 107 cm³/mol. The molecule has 1 aromatic heterocycles. The first kappa shape index (κ1) is 18.2. The Morgan fingerprint density at radius 2 is 2.12 bits per heavy atom. The molecular formula is C18H23IN4O2. The van der Waals surface area contributed by atoms with Gasteiger partial charge < -0.3 is 19.8 Å². The Labute approximate surface area is 164 Å². The van der Waals surface area contributed by atoms with Gasteiger partial charge >= 0.3 is 0 Å². The van der Waals surface area contributed by atoms with Crippen LogP contribution in [0.1, 0.15) is 25.0 Å². The maximum atomic E-state index is 5.87. The smallest absolute Gasteiger partial charge is 0.226 e. The number of benzene rings is 1. The van der Waals surface area contributed by atoms with Gasteiger partial charge in [0.15, 0.2) is 5.96 Å². The molecule has 25 heavy (non-hydrogen) atoms. The largest absolute Gasteiger partial charge is 0.444 e. The van der Waals surface area contributed by atoms with Crippen molar-refractivity contribution in [2.45, 2.75) is 44.1 Å². The summed E-state index contributed by atoms with van der Waals surface area (Å²) in [6.45, 7) is 0.567. The topological polar surface area (TPSA) is 71.7 Å². The molecule has 2 bridgehead atoms. The van der Waals surface area contributed by atoms with Gasteiger partial charge in [-0.1, -0.05) is 18.2 Å². The molecule has 0 amide bonds. The van der Waals surface area contributed by atoms with E-state index in [-0.39, 0.29) is 24.0 Å². The van der Waals surface area contributed by atoms with Crippen molar-refractivity contribution in [3.63, 3.8) is 0 Å². The van der Waals surface area contributed by atoms with Crippen LogP contribution in [0, 0.1) is 0 Å².